The van der Waals surface area contributed by atoms with Crippen LogP contribution in [0.2, 0.25) is 0 Å². The van der Waals surface area contributed by atoms with Gasteiger partial charge >= 0.3 is 0 Å². The number of methoxy groups -OCH3 is 2. The van der Waals surface area contributed by atoms with E-state index in [0.717, 1.165) is 0 Å². The predicted octanol–water partition coefficient (Wildman–Crippen LogP) is 2.03. The third-order valence-electron chi connectivity index (χ3n) is 4.73. The molecule has 0 fully saturated rings. The van der Waals surface area contributed by atoms with Gasteiger partial charge in [-0.05, 0) is 48.5 Å². The van der Waals surface area contributed by atoms with Gasteiger partial charge in [-0.2, -0.15) is 0 Å². The molecule has 0 aliphatic rings. The summed E-state index contributed by atoms with van der Waals surface area (Å²) in [6, 6.07) is 12.9. The molecule has 1 heterocycles. The van der Waals surface area contributed by atoms with Crippen LogP contribution in [0.25, 0.3) is 0 Å². The van der Waals surface area contributed by atoms with Crippen LogP contribution in [0.4, 0.5) is 5.69 Å². The van der Waals surface area contributed by atoms with E-state index < -0.39 is 6.04 Å². The van der Waals surface area contributed by atoms with E-state index in [1.54, 1.807) is 74.4 Å². The number of carbonyl (C=O) groups is 2. The lowest BCUT2D eigenvalue weighted by atomic mass is 10.2. The molecular weight excluding hydrogens is 446 g/mol. The van der Waals surface area contributed by atoms with Gasteiger partial charge in [-0.1, -0.05) is 11.8 Å². The van der Waals surface area contributed by atoms with Crippen LogP contribution in [0, 0.1) is 0 Å². The molecule has 0 aliphatic carbocycles. The van der Waals surface area contributed by atoms with Gasteiger partial charge < -0.3 is 29.8 Å². The second-order valence-electron chi connectivity index (χ2n) is 6.90. The fourth-order valence-corrected chi connectivity index (χ4v) is 3.65. The van der Waals surface area contributed by atoms with E-state index in [1.807, 2.05) is 0 Å². The standard InChI is InChI=1S/C22H25N5O5S/c1-27-20(18(12-28)24-21(30)14-4-8-16(31-2)9-5-14)25-26-22(27)33-13-19(29)23-15-6-10-17(32-3)11-7-15/h4-11,18,28H,12-13H2,1-3H3,(H,23,29)(H,24,30)/t18-/m0/s1. The Morgan fingerprint density at radius 2 is 1.64 bits per heavy atom. The quantitative estimate of drug-likeness (QED) is 0.383. The molecule has 10 nitrogen and oxygen atoms in total. The van der Waals surface area contributed by atoms with Gasteiger partial charge in [-0.15, -0.1) is 10.2 Å². The van der Waals surface area contributed by atoms with Crippen molar-refractivity contribution in [3.05, 3.63) is 59.9 Å². The Labute approximate surface area is 195 Å². The molecule has 0 saturated heterocycles. The van der Waals surface area contributed by atoms with Crippen LogP contribution < -0.4 is 20.1 Å². The highest BCUT2D eigenvalue weighted by molar-refractivity contribution is 7.99. The number of rotatable bonds is 10. The van der Waals surface area contributed by atoms with Crippen LogP contribution >= 0.6 is 11.8 Å². The molecule has 2 amide bonds. The second kappa shape index (κ2) is 11.3. The summed E-state index contributed by atoms with van der Waals surface area (Å²) in [6.07, 6.45) is 0. The number of ether oxygens (including phenoxy) is 2. The van der Waals surface area contributed by atoms with E-state index in [4.69, 9.17) is 9.47 Å². The van der Waals surface area contributed by atoms with Crippen molar-refractivity contribution in [2.24, 2.45) is 7.05 Å². The van der Waals surface area contributed by atoms with Crippen molar-refractivity contribution in [2.75, 3.05) is 31.9 Å². The number of benzene rings is 2. The molecule has 3 aromatic rings. The molecule has 1 aromatic heterocycles. The van der Waals surface area contributed by atoms with Gasteiger partial charge in [0.1, 0.15) is 17.5 Å². The van der Waals surface area contributed by atoms with Crippen LogP contribution in [0.15, 0.2) is 53.7 Å². The maximum atomic E-state index is 12.5. The number of anilines is 1. The molecule has 11 heteroatoms. The highest BCUT2D eigenvalue weighted by Gasteiger charge is 2.22. The second-order valence-corrected chi connectivity index (χ2v) is 7.84. The van der Waals surface area contributed by atoms with Crippen molar-refractivity contribution in [1.29, 1.82) is 0 Å². The summed E-state index contributed by atoms with van der Waals surface area (Å²) >= 11 is 1.19. The average molecular weight is 472 g/mol. The SMILES string of the molecule is COc1ccc(NC(=O)CSc2nnc([C@H](CO)NC(=O)c3ccc(OC)cc3)n2C)cc1. The van der Waals surface area contributed by atoms with E-state index in [1.165, 1.54) is 11.8 Å². The monoisotopic (exact) mass is 471 g/mol. The molecule has 3 N–H and O–H groups in total. The number of aliphatic hydroxyl groups is 1. The molecule has 2 aromatic carbocycles. The molecule has 0 spiro atoms. The number of aliphatic hydroxyl groups excluding tert-OH is 1. The summed E-state index contributed by atoms with van der Waals surface area (Å²) in [5.74, 6) is 1.24. The van der Waals surface area contributed by atoms with E-state index >= 15 is 0 Å². The number of hydrogen-bond acceptors (Lipinski definition) is 8. The van der Waals surface area contributed by atoms with Gasteiger partial charge in [0.25, 0.3) is 5.91 Å². The Kier molecular flexibility index (Phi) is 8.28. The highest BCUT2D eigenvalue weighted by atomic mass is 32.2. The normalized spacial score (nSPS) is 11.5. The average Bonchev–Trinajstić information content (AvgIpc) is 3.21. The van der Waals surface area contributed by atoms with Crippen molar-refractivity contribution < 1.29 is 24.2 Å². The van der Waals surface area contributed by atoms with E-state index in [-0.39, 0.29) is 24.2 Å². The minimum Gasteiger partial charge on any atom is -0.497 e. The first-order valence-corrected chi connectivity index (χ1v) is 11.0. The molecule has 1 atom stereocenters. The summed E-state index contributed by atoms with van der Waals surface area (Å²) in [5.41, 5.74) is 1.07. The van der Waals surface area contributed by atoms with E-state index in [2.05, 4.69) is 20.8 Å². The number of amides is 2. The number of nitrogens with one attached hydrogen (secondary N) is 2. The Morgan fingerprint density at radius 3 is 2.21 bits per heavy atom. The lowest BCUT2D eigenvalue weighted by Gasteiger charge is -2.16. The van der Waals surface area contributed by atoms with Crippen LogP contribution in [-0.4, -0.2) is 58.3 Å². The minimum absolute atomic E-state index is 0.111. The summed E-state index contributed by atoms with van der Waals surface area (Å²) in [7, 11) is 4.83. The highest BCUT2D eigenvalue weighted by Crippen LogP contribution is 2.21. The number of nitrogens with zero attached hydrogens (tertiary/aromatic N) is 3. The van der Waals surface area contributed by atoms with E-state index in [0.29, 0.717) is 33.7 Å². The number of carbonyl (C=O) groups excluding carboxylic acids is 2. The molecule has 174 valence electrons. The number of aromatic nitrogens is 3. The molecule has 3 rings (SSSR count). The fraction of sp³-hybridized carbons (Fsp3) is 0.273. The van der Waals surface area contributed by atoms with Crippen molar-refractivity contribution in [1.82, 2.24) is 20.1 Å². The summed E-state index contributed by atoms with van der Waals surface area (Å²) in [5, 5.41) is 24.0. The third-order valence-corrected chi connectivity index (χ3v) is 5.75. The first-order valence-electron chi connectivity index (χ1n) is 9.97. The third kappa shape index (κ3) is 6.24. The largest absolute Gasteiger partial charge is 0.497 e. The zero-order chi connectivity index (χ0) is 23.8. The van der Waals surface area contributed by atoms with Gasteiger partial charge in [0, 0.05) is 18.3 Å². The Bertz CT molecular complexity index is 1090. The van der Waals surface area contributed by atoms with Crippen LogP contribution in [-0.2, 0) is 11.8 Å². The Morgan fingerprint density at radius 1 is 1.03 bits per heavy atom. The van der Waals surface area contributed by atoms with Gasteiger partial charge in [-0.3, -0.25) is 9.59 Å². The molecule has 0 aliphatic heterocycles. The van der Waals surface area contributed by atoms with Gasteiger partial charge in [0.15, 0.2) is 11.0 Å². The van der Waals surface area contributed by atoms with Crippen molar-refractivity contribution in [3.63, 3.8) is 0 Å². The fourth-order valence-electron chi connectivity index (χ4n) is 2.93. The summed E-state index contributed by atoms with van der Waals surface area (Å²) in [4.78, 5) is 24.8. The summed E-state index contributed by atoms with van der Waals surface area (Å²) < 4.78 is 11.8. The van der Waals surface area contributed by atoms with Crippen LogP contribution in [0.5, 0.6) is 11.5 Å². The lowest BCUT2D eigenvalue weighted by molar-refractivity contribution is -0.113. The van der Waals surface area contributed by atoms with Crippen LogP contribution in [0.1, 0.15) is 22.2 Å². The Hall–Kier alpha value is -3.57. The van der Waals surface area contributed by atoms with Crippen LogP contribution in [0.3, 0.4) is 0 Å². The maximum Gasteiger partial charge on any atom is 0.251 e. The molecule has 0 bridgehead atoms. The molecule has 0 radical (unpaired) electrons. The smallest absolute Gasteiger partial charge is 0.251 e. The zero-order valence-corrected chi connectivity index (χ0v) is 19.3. The minimum atomic E-state index is -0.764. The first kappa shape index (κ1) is 24.1. The van der Waals surface area contributed by atoms with Crippen molar-refractivity contribution in [2.45, 2.75) is 11.2 Å². The van der Waals surface area contributed by atoms with Gasteiger partial charge in [0.05, 0.1) is 26.6 Å². The molecule has 33 heavy (non-hydrogen) atoms. The molecule has 0 saturated carbocycles. The van der Waals surface area contributed by atoms with E-state index in [9.17, 15) is 14.7 Å². The van der Waals surface area contributed by atoms with Crippen molar-refractivity contribution in [3.8, 4) is 11.5 Å². The molecule has 0 unspecified atom stereocenters. The first-order chi connectivity index (χ1) is 15.9. The zero-order valence-electron chi connectivity index (χ0n) is 18.4. The number of hydrogen-bond donors (Lipinski definition) is 3. The van der Waals surface area contributed by atoms with Crippen molar-refractivity contribution >= 4 is 29.3 Å². The van der Waals surface area contributed by atoms with Gasteiger partial charge in [-0.25, -0.2) is 0 Å². The lowest BCUT2D eigenvalue weighted by Crippen LogP contribution is -2.32. The summed E-state index contributed by atoms with van der Waals surface area (Å²) in [6.45, 7) is -0.365. The Balaban J connectivity index is 1.59. The maximum absolute atomic E-state index is 12.5. The molecular formula is C22H25N5O5S. The predicted molar refractivity (Wildman–Crippen MR) is 124 cm³/mol. The van der Waals surface area contributed by atoms with Gasteiger partial charge in [0.2, 0.25) is 5.91 Å². The topological polar surface area (TPSA) is 128 Å². The number of thioether (sulfide) groups is 1.